The van der Waals surface area contributed by atoms with Gasteiger partial charge in [-0.3, -0.25) is 9.59 Å². The predicted molar refractivity (Wildman–Crippen MR) is 126 cm³/mol. The third-order valence-corrected chi connectivity index (χ3v) is 6.02. The van der Waals surface area contributed by atoms with Crippen LogP contribution in [0.15, 0.2) is 48.0 Å². The summed E-state index contributed by atoms with van der Waals surface area (Å²) in [5.41, 5.74) is 2.32. The van der Waals surface area contributed by atoms with Gasteiger partial charge in [0.2, 0.25) is 5.91 Å². The Kier molecular flexibility index (Phi) is 7.17. The maximum atomic E-state index is 12.8. The first-order valence-electron chi connectivity index (χ1n) is 11.4. The number of carbonyl (C=O) groups is 2. The first kappa shape index (κ1) is 22.7. The molecule has 0 aliphatic carbocycles. The van der Waals surface area contributed by atoms with Gasteiger partial charge < -0.3 is 24.4 Å². The highest BCUT2D eigenvalue weighted by Crippen LogP contribution is 2.35. The van der Waals surface area contributed by atoms with Gasteiger partial charge in [0, 0.05) is 30.3 Å². The second-order valence-electron chi connectivity index (χ2n) is 8.18. The minimum Gasteiger partial charge on any atom is -0.496 e. The molecule has 2 heterocycles. The van der Waals surface area contributed by atoms with E-state index in [9.17, 15) is 9.59 Å². The maximum Gasteiger partial charge on any atom is 0.250 e. The van der Waals surface area contributed by atoms with Gasteiger partial charge in [0.05, 0.1) is 25.7 Å². The van der Waals surface area contributed by atoms with Crippen LogP contribution in [0.4, 0.5) is 0 Å². The lowest BCUT2D eigenvalue weighted by Gasteiger charge is -2.33. The van der Waals surface area contributed by atoms with Crippen LogP contribution in [0.25, 0.3) is 6.08 Å². The number of nitrogens with one attached hydrogen (secondary N) is 1. The molecule has 1 N–H and O–H groups in total. The highest BCUT2D eigenvalue weighted by Gasteiger charge is 2.26. The van der Waals surface area contributed by atoms with E-state index in [4.69, 9.17) is 14.2 Å². The van der Waals surface area contributed by atoms with E-state index < -0.39 is 0 Å². The summed E-state index contributed by atoms with van der Waals surface area (Å²) in [5, 5.41) is 3.11. The molecule has 1 saturated heterocycles. The summed E-state index contributed by atoms with van der Waals surface area (Å²) in [7, 11) is 1.61. The molecule has 0 radical (unpaired) electrons. The Hall–Kier alpha value is -3.48. The Labute approximate surface area is 194 Å². The molecule has 4 rings (SSSR count). The van der Waals surface area contributed by atoms with Crippen LogP contribution in [-0.2, 0) is 16.0 Å². The van der Waals surface area contributed by atoms with Gasteiger partial charge in [-0.15, -0.1) is 0 Å². The van der Waals surface area contributed by atoms with Gasteiger partial charge in [-0.25, -0.2) is 0 Å². The molecule has 2 aromatic rings. The maximum absolute atomic E-state index is 12.8. The average molecular weight is 451 g/mol. The topological polar surface area (TPSA) is 77.1 Å². The third kappa shape index (κ3) is 5.30. The Bertz CT molecular complexity index is 1040. The fourth-order valence-corrected chi connectivity index (χ4v) is 4.26. The normalized spacial score (nSPS) is 15.7. The molecule has 0 spiro atoms. The molecular formula is C26H30N2O5. The molecule has 0 atom stereocenters. The largest absolute Gasteiger partial charge is 0.496 e. The molecule has 33 heavy (non-hydrogen) atoms. The van der Waals surface area contributed by atoms with Gasteiger partial charge in [0.25, 0.3) is 5.91 Å². The lowest BCUT2D eigenvalue weighted by Crippen LogP contribution is -2.47. The van der Waals surface area contributed by atoms with E-state index >= 15 is 0 Å². The van der Waals surface area contributed by atoms with Crippen molar-refractivity contribution in [1.82, 2.24) is 10.2 Å². The molecule has 2 aliphatic rings. The highest BCUT2D eigenvalue weighted by molar-refractivity contribution is 5.99. The monoisotopic (exact) mass is 450 g/mol. The summed E-state index contributed by atoms with van der Waals surface area (Å²) in [6.07, 6.45) is 3.63. The molecule has 2 aromatic carbocycles. The van der Waals surface area contributed by atoms with Crippen LogP contribution in [-0.4, -0.2) is 56.2 Å². The van der Waals surface area contributed by atoms with Crippen LogP contribution >= 0.6 is 0 Å². The number of piperidine rings is 1. The van der Waals surface area contributed by atoms with Crippen molar-refractivity contribution >= 4 is 17.9 Å². The van der Waals surface area contributed by atoms with E-state index in [1.54, 1.807) is 7.11 Å². The lowest BCUT2D eigenvalue weighted by atomic mass is 10.0. The molecule has 0 saturated carbocycles. The summed E-state index contributed by atoms with van der Waals surface area (Å²) in [5.74, 6) is 2.05. The summed E-state index contributed by atoms with van der Waals surface area (Å²) in [6, 6.07) is 13.3. The number of fused-ring (bicyclic) bond motifs is 1. The molecule has 174 valence electrons. The fraction of sp³-hybridized carbons (Fsp3) is 0.385. The average Bonchev–Trinajstić information content (AvgIpc) is 2.85. The van der Waals surface area contributed by atoms with E-state index in [0.29, 0.717) is 43.2 Å². The lowest BCUT2D eigenvalue weighted by molar-refractivity contribution is -0.131. The highest BCUT2D eigenvalue weighted by atomic mass is 16.5. The van der Waals surface area contributed by atoms with E-state index in [2.05, 4.69) is 5.32 Å². The molecule has 2 aliphatic heterocycles. The zero-order valence-corrected chi connectivity index (χ0v) is 19.1. The number of nitrogens with zero attached hydrogens (tertiary/aromatic N) is 1. The Morgan fingerprint density at radius 1 is 1.09 bits per heavy atom. The van der Waals surface area contributed by atoms with E-state index in [0.717, 1.165) is 29.7 Å². The van der Waals surface area contributed by atoms with Gasteiger partial charge in [-0.05, 0) is 38.0 Å². The van der Waals surface area contributed by atoms with E-state index in [1.807, 2.05) is 60.4 Å². The van der Waals surface area contributed by atoms with Crippen molar-refractivity contribution in [3.05, 3.63) is 59.2 Å². The van der Waals surface area contributed by atoms with Crippen molar-refractivity contribution in [3.63, 3.8) is 0 Å². The number of carbonyl (C=O) groups excluding carboxylic acids is 2. The Morgan fingerprint density at radius 2 is 1.85 bits per heavy atom. The summed E-state index contributed by atoms with van der Waals surface area (Å²) in [6.45, 7) is 3.93. The number of amides is 2. The van der Waals surface area contributed by atoms with Crippen molar-refractivity contribution in [2.75, 3.05) is 33.4 Å². The van der Waals surface area contributed by atoms with Gasteiger partial charge in [0.1, 0.15) is 12.4 Å². The van der Waals surface area contributed by atoms with Gasteiger partial charge >= 0.3 is 0 Å². The zero-order chi connectivity index (χ0) is 23.2. The van der Waals surface area contributed by atoms with Crippen LogP contribution in [0.5, 0.6) is 17.2 Å². The van der Waals surface area contributed by atoms with E-state index in [-0.39, 0.29) is 24.5 Å². The molecule has 2 amide bonds. The molecule has 7 heteroatoms. The molecular weight excluding hydrogens is 420 g/mol. The summed E-state index contributed by atoms with van der Waals surface area (Å²) < 4.78 is 16.8. The fourth-order valence-electron chi connectivity index (χ4n) is 4.26. The van der Waals surface area contributed by atoms with Crippen LogP contribution in [0.3, 0.4) is 0 Å². The SMILES string of the molecule is CCOc1cccc2c1OCC(C(=O)NC1CCN(C(=O)Cc3ccccc3OC)CC1)=C2. The van der Waals surface area contributed by atoms with Crippen molar-refractivity contribution in [2.24, 2.45) is 0 Å². The minimum absolute atomic E-state index is 0.0323. The number of ether oxygens (including phenoxy) is 3. The van der Waals surface area contributed by atoms with Crippen molar-refractivity contribution < 1.29 is 23.8 Å². The smallest absolute Gasteiger partial charge is 0.250 e. The van der Waals surface area contributed by atoms with Gasteiger partial charge in [-0.2, -0.15) is 0 Å². The molecule has 7 nitrogen and oxygen atoms in total. The number of hydrogen-bond donors (Lipinski definition) is 1. The van der Waals surface area contributed by atoms with Crippen LogP contribution in [0, 0.1) is 0 Å². The number of methoxy groups -OCH3 is 1. The summed E-state index contributed by atoms with van der Waals surface area (Å²) in [4.78, 5) is 27.4. The van der Waals surface area contributed by atoms with Crippen LogP contribution in [0.1, 0.15) is 30.9 Å². The second kappa shape index (κ2) is 10.4. The molecule has 0 unspecified atom stereocenters. The van der Waals surface area contributed by atoms with Crippen molar-refractivity contribution in [2.45, 2.75) is 32.2 Å². The third-order valence-electron chi connectivity index (χ3n) is 6.02. The number of benzene rings is 2. The number of rotatable bonds is 7. The van der Waals surface area contributed by atoms with Crippen LogP contribution < -0.4 is 19.5 Å². The van der Waals surface area contributed by atoms with Gasteiger partial charge in [0.15, 0.2) is 11.5 Å². The zero-order valence-electron chi connectivity index (χ0n) is 19.1. The number of likely N-dealkylation sites (tertiary alicyclic amines) is 1. The summed E-state index contributed by atoms with van der Waals surface area (Å²) >= 11 is 0. The first-order chi connectivity index (χ1) is 16.1. The number of hydrogen-bond acceptors (Lipinski definition) is 5. The standard InChI is InChI=1S/C26H30N2O5/c1-3-32-23-10-6-8-19-15-20(17-33-25(19)23)26(30)27-21-11-13-28(14-12-21)24(29)16-18-7-4-5-9-22(18)31-2/h4-10,15,21H,3,11-14,16-17H2,1-2H3,(H,27,30). The number of para-hydroxylation sites is 2. The second-order valence-corrected chi connectivity index (χ2v) is 8.18. The van der Waals surface area contributed by atoms with Crippen molar-refractivity contribution in [3.8, 4) is 17.2 Å². The first-order valence-corrected chi connectivity index (χ1v) is 11.4. The van der Waals surface area contributed by atoms with Crippen LogP contribution in [0.2, 0.25) is 0 Å². The molecule has 0 aromatic heterocycles. The van der Waals surface area contributed by atoms with Gasteiger partial charge in [-0.1, -0.05) is 30.3 Å². The van der Waals surface area contributed by atoms with E-state index in [1.165, 1.54) is 0 Å². The molecule has 1 fully saturated rings. The Balaban J connectivity index is 1.31. The minimum atomic E-state index is -0.124. The van der Waals surface area contributed by atoms with Crippen molar-refractivity contribution in [1.29, 1.82) is 0 Å². The molecule has 0 bridgehead atoms. The Morgan fingerprint density at radius 3 is 2.61 bits per heavy atom. The predicted octanol–water partition coefficient (Wildman–Crippen LogP) is 3.22. The quantitative estimate of drug-likeness (QED) is 0.701.